The van der Waals surface area contributed by atoms with Gasteiger partial charge < -0.3 is 25.8 Å². The molecule has 10 heteroatoms. The van der Waals surface area contributed by atoms with Gasteiger partial charge in [0.1, 0.15) is 0 Å². The standard InChI is InChI=1S/C16H19ClN2O2S.C4H4O4/c1-21-16-8-15(13(17)9-19-16)22-14(7-12(18)10-20)11-5-3-2-4-6-11;5-3(6)1-2-4(7)8/h2-6,8-9,12,14,20H,7,10,18H2,1H3;1-2H,(H,5,6)(H,7,8)/b;2-1+. The van der Waals surface area contributed by atoms with Crippen LogP contribution in [0, 0.1) is 0 Å². The summed E-state index contributed by atoms with van der Waals surface area (Å²) in [5, 5.41) is 25.5. The molecule has 0 bridgehead atoms. The second kappa shape index (κ2) is 13.6. The molecule has 0 aliphatic heterocycles. The summed E-state index contributed by atoms with van der Waals surface area (Å²) in [5.41, 5.74) is 7.07. The highest BCUT2D eigenvalue weighted by Crippen LogP contribution is 2.41. The van der Waals surface area contributed by atoms with Crippen LogP contribution in [0.15, 0.2) is 59.6 Å². The fraction of sp³-hybridized carbons (Fsp3) is 0.250. The second-order valence-corrected chi connectivity index (χ2v) is 7.51. The highest BCUT2D eigenvalue weighted by Gasteiger charge is 2.18. The number of halogens is 1. The van der Waals surface area contributed by atoms with Gasteiger partial charge in [-0.05, 0) is 12.0 Å². The van der Waals surface area contributed by atoms with Gasteiger partial charge in [-0.25, -0.2) is 14.6 Å². The Labute approximate surface area is 183 Å². The van der Waals surface area contributed by atoms with E-state index in [4.69, 9.17) is 32.3 Å². The van der Waals surface area contributed by atoms with E-state index in [-0.39, 0.29) is 17.9 Å². The molecule has 0 saturated heterocycles. The first-order valence-corrected chi connectivity index (χ1v) is 9.94. The first-order valence-electron chi connectivity index (χ1n) is 8.68. The van der Waals surface area contributed by atoms with E-state index in [1.807, 2.05) is 36.4 Å². The summed E-state index contributed by atoms with van der Waals surface area (Å²) >= 11 is 7.83. The number of nitrogens with two attached hydrogens (primary N) is 1. The van der Waals surface area contributed by atoms with E-state index in [2.05, 4.69) is 4.98 Å². The van der Waals surface area contributed by atoms with Crippen LogP contribution in [0.3, 0.4) is 0 Å². The van der Waals surface area contributed by atoms with Crippen molar-refractivity contribution in [3.63, 3.8) is 0 Å². The maximum absolute atomic E-state index is 9.55. The molecule has 2 unspecified atom stereocenters. The SMILES string of the molecule is COc1cc(SC(CC(N)CO)c2ccccc2)c(Cl)cn1.O=C(O)/C=C/C(=O)O. The highest BCUT2D eigenvalue weighted by molar-refractivity contribution is 7.99. The third-order valence-electron chi connectivity index (χ3n) is 3.56. The minimum atomic E-state index is -1.26. The normalized spacial score (nSPS) is 12.5. The smallest absolute Gasteiger partial charge is 0.328 e. The van der Waals surface area contributed by atoms with Gasteiger partial charge in [-0.3, -0.25) is 0 Å². The number of ether oxygens (including phenoxy) is 1. The van der Waals surface area contributed by atoms with Crippen molar-refractivity contribution >= 4 is 35.3 Å². The number of benzene rings is 1. The molecule has 0 aliphatic carbocycles. The van der Waals surface area contributed by atoms with Crippen LogP contribution in [-0.4, -0.2) is 52.0 Å². The predicted octanol–water partition coefficient (Wildman–Crippen LogP) is 3.00. The first kappa shape index (κ1) is 25.4. The van der Waals surface area contributed by atoms with Gasteiger partial charge in [0.15, 0.2) is 0 Å². The van der Waals surface area contributed by atoms with Gasteiger partial charge in [0.05, 0.1) is 24.9 Å². The summed E-state index contributed by atoms with van der Waals surface area (Å²) in [6, 6.07) is 11.6. The Bertz CT molecular complexity index is 834. The van der Waals surface area contributed by atoms with E-state index in [9.17, 15) is 14.7 Å². The molecule has 5 N–H and O–H groups in total. The number of nitrogens with zero attached hydrogens (tertiary/aromatic N) is 1. The van der Waals surface area contributed by atoms with Gasteiger partial charge in [-0.15, -0.1) is 11.8 Å². The lowest BCUT2D eigenvalue weighted by atomic mass is 10.1. The molecular weight excluding hydrogens is 432 g/mol. The van der Waals surface area contributed by atoms with Crippen LogP contribution in [-0.2, 0) is 9.59 Å². The number of thioether (sulfide) groups is 1. The van der Waals surface area contributed by atoms with Crippen molar-refractivity contribution in [3.05, 3.63) is 65.3 Å². The molecule has 0 saturated carbocycles. The number of hydrogen-bond acceptors (Lipinski definition) is 7. The van der Waals surface area contributed by atoms with Crippen LogP contribution in [0.2, 0.25) is 5.02 Å². The number of pyridine rings is 1. The molecular formula is C20H23ClN2O6S. The van der Waals surface area contributed by atoms with Crippen molar-refractivity contribution in [3.8, 4) is 5.88 Å². The molecule has 2 atom stereocenters. The maximum atomic E-state index is 9.55. The zero-order valence-electron chi connectivity index (χ0n) is 16.1. The lowest BCUT2D eigenvalue weighted by Crippen LogP contribution is -2.26. The zero-order valence-corrected chi connectivity index (χ0v) is 17.7. The predicted molar refractivity (Wildman–Crippen MR) is 115 cm³/mol. The quantitative estimate of drug-likeness (QED) is 0.332. The number of aliphatic hydroxyl groups excluding tert-OH is 1. The summed E-state index contributed by atoms with van der Waals surface area (Å²) in [6.07, 6.45) is 3.34. The van der Waals surface area contributed by atoms with E-state index < -0.39 is 11.9 Å². The van der Waals surface area contributed by atoms with Crippen LogP contribution < -0.4 is 10.5 Å². The summed E-state index contributed by atoms with van der Waals surface area (Å²) in [7, 11) is 1.57. The number of carboxylic acids is 2. The number of aromatic nitrogens is 1. The maximum Gasteiger partial charge on any atom is 0.328 e. The number of hydrogen-bond donors (Lipinski definition) is 4. The Hall–Kier alpha value is -2.59. The third kappa shape index (κ3) is 9.75. The number of aliphatic hydroxyl groups is 1. The molecule has 0 radical (unpaired) electrons. The van der Waals surface area contributed by atoms with E-state index >= 15 is 0 Å². The Balaban J connectivity index is 0.000000479. The average Bonchev–Trinajstić information content (AvgIpc) is 2.74. The van der Waals surface area contributed by atoms with Gasteiger partial charge in [0.25, 0.3) is 0 Å². The molecule has 0 aliphatic rings. The molecule has 2 aromatic rings. The number of rotatable bonds is 9. The van der Waals surface area contributed by atoms with Crippen molar-refractivity contribution in [1.29, 1.82) is 0 Å². The van der Waals surface area contributed by atoms with Crippen LogP contribution in [0.5, 0.6) is 5.88 Å². The summed E-state index contributed by atoms with van der Waals surface area (Å²) in [6.45, 7) is -0.0444. The van der Waals surface area contributed by atoms with Gasteiger partial charge in [0.2, 0.25) is 5.88 Å². The monoisotopic (exact) mass is 454 g/mol. The zero-order chi connectivity index (χ0) is 22.5. The fourth-order valence-electron chi connectivity index (χ4n) is 2.17. The Kier molecular flexibility index (Phi) is 11.5. The molecule has 0 spiro atoms. The molecule has 2 rings (SSSR count). The number of aliphatic carboxylic acids is 2. The summed E-state index contributed by atoms with van der Waals surface area (Å²) in [5.74, 6) is -2.00. The Morgan fingerprint density at radius 1 is 1.23 bits per heavy atom. The van der Waals surface area contributed by atoms with E-state index in [0.717, 1.165) is 10.5 Å². The minimum Gasteiger partial charge on any atom is -0.481 e. The van der Waals surface area contributed by atoms with Crippen molar-refractivity contribution in [2.24, 2.45) is 5.73 Å². The van der Waals surface area contributed by atoms with Gasteiger partial charge in [0, 0.05) is 34.4 Å². The first-order chi connectivity index (χ1) is 14.3. The van der Waals surface area contributed by atoms with Crippen LogP contribution in [0.4, 0.5) is 0 Å². The number of carboxylic acid groups (broad SMARTS) is 2. The number of carbonyl (C=O) groups is 2. The summed E-state index contributed by atoms with van der Waals surface area (Å²) in [4.78, 5) is 24.1. The molecule has 1 heterocycles. The van der Waals surface area contributed by atoms with Gasteiger partial charge in [-0.1, -0.05) is 41.9 Å². The molecule has 1 aromatic carbocycles. The van der Waals surface area contributed by atoms with Crippen molar-refractivity contribution in [2.45, 2.75) is 22.6 Å². The fourth-order valence-corrected chi connectivity index (χ4v) is 3.68. The Morgan fingerprint density at radius 3 is 2.33 bits per heavy atom. The summed E-state index contributed by atoms with van der Waals surface area (Å²) < 4.78 is 5.15. The average molecular weight is 455 g/mol. The van der Waals surface area contributed by atoms with E-state index in [1.165, 1.54) is 0 Å². The molecule has 0 fully saturated rings. The molecule has 8 nitrogen and oxygen atoms in total. The Morgan fingerprint density at radius 2 is 1.83 bits per heavy atom. The molecule has 1 aromatic heterocycles. The third-order valence-corrected chi connectivity index (χ3v) is 5.32. The van der Waals surface area contributed by atoms with Crippen molar-refractivity contribution in [2.75, 3.05) is 13.7 Å². The minimum absolute atomic E-state index is 0.0444. The van der Waals surface area contributed by atoms with E-state index in [0.29, 0.717) is 29.5 Å². The van der Waals surface area contributed by atoms with Crippen LogP contribution >= 0.6 is 23.4 Å². The van der Waals surface area contributed by atoms with E-state index in [1.54, 1.807) is 25.1 Å². The largest absolute Gasteiger partial charge is 0.481 e. The van der Waals surface area contributed by atoms with Crippen molar-refractivity contribution in [1.82, 2.24) is 4.98 Å². The van der Waals surface area contributed by atoms with Crippen molar-refractivity contribution < 1.29 is 29.6 Å². The number of methoxy groups -OCH3 is 1. The topological polar surface area (TPSA) is 143 Å². The highest BCUT2D eigenvalue weighted by atomic mass is 35.5. The van der Waals surface area contributed by atoms with Crippen LogP contribution in [0.25, 0.3) is 0 Å². The lowest BCUT2D eigenvalue weighted by molar-refractivity contribution is -0.134. The molecule has 0 amide bonds. The lowest BCUT2D eigenvalue weighted by Gasteiger charge is -2.20. The van der Waals surface area contributed by atoms with Crippen LogP contribution in [0.1, 0.15) is 17.2 Å². The van der Waals surface area contributed by atoms with Gasteiger partial charge in [-0.2, -0.15) is 0 Å². The second-order valence-electron chi connectivity index (χ2n) is 5.86. The van der Waals surface area contributed by atoms with Gasteiger partial charge >= 0.3 is 11.9 Å². The molecule has 30 heavy (non-hydrogen) atoms. The molecule has 162 valence electrons.